The number of benzene rings is 7. The number of rotatable bonds is 2. The Balaban J connectivity index is 1.61. The van der Waals surface area contributed by atoms with Crippen LogP contribution in [0.2, 0.25) is 0 Å². The van der Waals surface area contributed by atoms with Crippen molar-refractivity contribution in [3.8, 4) is 28.3 Å². The molecule has 204 valence electrons. The highest BCUT2D eigenvalue weighted by Crippen LogP contribution is 2.59. The van der Waals surface area contributed by atoms with Gasteiger partial charge in [-0.3, -0.25) is 0 Å². The van der Waals surface area contributed by atoms with Gasteiger partial charge >= 0.3 is 0 Å². The Hall–Kier alpha value is -6.42. The minimum atomic E-state index is 0.110. The first-order valence-corrected chi connectivity index (χ1v) is 15.0. The molecule has 0 unspecified atom stereocenters. The van der Waals surface area contributed by atoms with E-state index in [2.05, 4.69) is 131 Å². The molecular formula is C42H21N3. The van der Waals surface area contributed by atoms with Crippen LogP contribution in [0.15, 0.2) is 127 Å². The van der Waals surface area contributed by atoms with E-state index in [0.29, 0.717) is 5.22 Å². The number of para-hydroxylation sites is 1. The van der Waals surface area contributed by atoms with E-state index in [9.17, 15) is 5.26 Å². The predicted octanol–water partition coefficient (Wildman–Crippen LogP) is 10.7. The van der Waals surface area contributed by atoms with Crippen molar-refractivity contribution in [2.75, 3.05) is 4.90 Å². The van der Waals surface area contributed by atoms with Gasteiger partial charge in [0.1, 0.15) is 0 Å². The summed E-state index contributed by atoms with van der Waals surface area (Å²) >= 11 is 0. The van der Waals surface area contributed by atoms with Crippen molar-refractivity contribution >= 4 is 76.6 Å². The van der Waals surface area contributed by atoms with Crippen LogP contribution in [-0.2, 0) is 0 Å². The fraction of sp³-hybridized carbons (Fsp3) is 0. The first-order chi connectivity index (χ1) is 22.3. The first kappa shape index (κ1) is 24.1. The first-order valence-electron chi connectivity index (χ1n) is 15.0. The number of hydrogen-bond donors (Lipinski definition) is 0. The van der Waals surface area contributed by atoms with E-state index >= 15 is 0 Å². The van der Waals surface area contributed by atoms with Gasteiger partial charge in [0.25, 0.3) is 5.70 Å². The standard InChI is InChI=1S/C42H21N3/c1-44-36(23-43)37-34-21-32(24-11-4-2-5-12-24)28-17-8-15-26-30-19-10-20-31-27-16-9-18-29-33(25-13-6-3-7-14-25)22-35(37)42(39(27)29)45(40(30)31)41(34)38(26)28/h2-22H. The van der Waals surface area contributed by atoms with Gasteiger partial charge in [0.05, 0.1) is 29.7 Å². The minimum Gasteiger partial charge on any atom is -0.307 e. The second kappa shape index (κ2) is 8.57. The van der Waals surface area contributed by atoms with Crippen LogP contribution in [0.3, 0.4) is 0 Å². The second-order valence-corrected chi connectivity index (χ2v) is 11.8. The van der Waals surface area contributed by atoms with Crippen molar-refractivity contribution in [1.82, 2.24) is 0 Å². The Morgan fingerprint density at radius 3 is 1.40 bits per heavy atom. The van der Waals surface area contributed by atoms with Gasteiger partial charge in [-0.1, -0.05) is 115 Å². The van der Waals surface area contributed by atoms with E-state index in [4.69, 9.17) is 6.57 Å². The van der Waals surface area contributed by atoms with E-state index in [1.54, 1.807) is 0 Å². The molecule has 0 aromatic heterocycles. The van der Waals surface area contributed by atoms with E-state index in [1.165, 1.54) is 27.2 Å². The third kappa shape index (κ3) is 2.92. The molecule has 7 aromatic carbocycles. The zero-order chi connectivity index (χ0) is 29.8. The van der Waals surface area contributed by atoms with Crippen LogP contribution < -0.4 is 10.1 Å². The monoisotopic (exact) mass is 567 g/mol. The zero-order valence-electron chi connectivity index (χ0n) is 24.0. The van der Waals surface area contributed by atoms with E-state index in [1.807, 2.05) is 12.1 Å². The summed E-state index contributed by atoms with van der Waals surface area (Å²) in [5.41, 5.74) is 7.79. The molecule has 0 saturated carbocycles. The molecule has 3 aliphatic heterocycles. The number of nitriles is 1. The summed E-state index contributed by atoms with van der Waals surface area (Å²) in [6, 6.07) is 47.4. The second-order valence-electron chi connectivity index (χ2n) is 11.8. The van der Waals surface area contributed by atoms with Gasteiger partial charge in [0, 0.05) is 26.8 Å². The molecule has 0 atom stereocenters. The van der Waals surface area contributed by atoms with Crippen LogP contribution in [0.25, 0.3) is 86.7 Å². The Bertz CT molecular complexity index is 2630. The number of hydrogen-bond acceptors (Lipinski definition) is 2. The summed E-state index contributed by atoms with van der Waals surface area (Å²) in [7, 11) is 0. The quantitative estimate of drug-likeness (QED) is 0.195. The van der Waals surface area contributed by atoms with Gasteiger partial charge in [0.15, 0.2) is 0 Å². The Labute approximate surface area is 258 Å². The molecule has 3 aliphatic rings. The molecule has 0 spiro atoms. The minimum absolute atomic E-state index is 0.110. The molecule has 3 heteroatoms. The molecule has 0 N–H and O–H groups in total. The third-order valence-corrected chi connectivity index (χ3v) is 9.72. The lowest BCUT2D eigenvalue weighted by molar-refractivity contribution is 1.34. The Morgan fingerprint density at radius 1 is 0.511 bits per heavy atom. The van der Waals surface area contributed by atoms with E-state index in [0.717, 1.165) is 65.9 Å². The summed E-state index contributed by atoms with van der Waals surface area (Å²) in [6.45, 7) is 8.20. The van der Waals surface area contributed by atoms with Gasteiger partial charge in [-0.15, -0.1) is 0 Å². The maximum Gasteiger partial charge on any atom is 0.270 e. The number of anilines is 3. The molecule has 0 saturated heterocycles. The highest BCUT2D eigenvalue weighted by Gasteiger charge is 2.35. The van der Waals surface area contributed by atoms with Crippen LogP contribution >= 0.6 is 0 Å². The van der Waals surface area contributed by atoms with Gasteiger partial charge in [-0.2, -0.15) is 0 Å². The van der Waals surface area contributed by atoms with Crippen molar-refractivity contribution in [3.05, 3.63) is 144 Å². The van der Waals surface area contributed by atoms with Crippen LogP contribution in [0.4, 0.5) is 17.1 Å². The SMILES string of the molecule is [C-]#[N+]C(C#N)=c1c2cc(-c3ccccc3)c3cccc4c5cccc6c5N(c2c34)c2c1cc(-c1ccccc1)c1cccc6c21. The maximum absolute atomic E-state index is 10.5. The van der Waals surface area contributed by atoms with Crippen LogP contribution in [-0.4, -0.2) is 0 Å². The summed E-state index contributed by atoms with van der Waals surface area (Å²) < 4.78 is 0. The average Bonchev–Trinajstić information content (AvgIpc) is 3.11. The zero-order valence-corrected chi connectivity index (χ0v) is 24.0. The normalized spacial score (nSPS) is 12.4. The number of fused-ring (bicyclic) bond motifs is 2. The lowest BCUT2D eigenvalue weighted by Gasteiger charge is -2.39. The topological polar surface area (TPSA) is 31.4 Å². The lowest BCUT2D eigenvalue weighted by atomic mass is 9.81. The van der Waals surface area contributed by atoms with Gasteiger partial charge < -0.3 is 4.90 Å². The molecule has 45 heavy (non-hydrogen) atoms. The van der Waals surface area contributed by atoms with Crippen molar-refractivity contribution in [3.63, 3.8) is 0 Å². The predicted molar refractivity (Wildman–Crippen MR) is 186 cm³/mol. The molecule has 0 fully saturated rings. The summed E-state index contributed by atoms with van der Waals surface area (Å²) in [6.07, 6.45) is 0. The van der Waals surface area contributed by atoms with Gasteiger partial charge in [-0.25, -0.2) is 10.1 Å². The maximum atomic E-state index is 10.5. The largest absolute Gasteiger partial charge is 0.307 e. The van der Waals surface area contributed by atoms with Crippen LogP contribution in [0.1, 0.15) is 0 Å². The molecule has 0 radical (unpaired) electrons. The molecule has 10 rings (SSSR count). The highest BCUT2D eigenvalue weighted by molar-refractivity contribution is 6.37. The number of nitrogens with zero attached hydrogens (tertiary/aromatic N) is 3. The van der Waals surface area contributed by atoms with Crippen molar-refractivity contribution in [2.24, 2.45) is 0 Å². The van der Waals surface area contributed by atoms with Crippen molar-refractivity contribution in [2.45, 2.75) is 0 Å². The Morgan fingerprint density at radius 2 is 0.956 bits per heavy atom. The smallest absolute Gasteiger partial charge is 0.270 e. The van der Waals surface area contributed by atoms with Gasteiger partial charge in [0.2, 0.25) is 0 Å². The van der Waals surface area contributed by atoms with Crippen LogP contribution in [0.5, 0.6) is 0 Å². The van der Waals surface area contributed by atoms with Crippen molar-refractivity contribution in [1.29, 1.82) is 5.26 Å². The fourth-order valence-corrected chi connectivity index (χ4v) is 8.01. The summed E-state index contributed by atoms with van der Waals surface area (Å²) in [5, 5.41) is 22.4. The summed E-state index contributed by atoms with van der Waals surface area (Å²) in [5.74, 6) is 0. The molecule has 0 bridgehead atoms. The average molecular weight is 568 g/mol. The summed E-state index contributed by atoms with van der Waals surface area (Å²) in [4.78, 5) is 6.32. The van der Waals surface area contributed by atoms with Crippen molar-refractivity contribution < 1.29 is 0 Å². The molecule has 3 nitrogen and oxygen atoms in total. The molecule has 7 aromatic rings. The molecule has 0 amide bonds. The fourth-order valence-electron chi connectivity index (χ4n) is 8.01. The molecule has 3 heterocycles. The lowest BCUT2D eigenvalue weighted by Crippen LogP contribution is -2.25. The molecular weight excluding hydrogens is 546 g/mol. The van der Waals surface area contributed by atoms with Gasteiger partial charge in [-0.05, 0) is 66.7 Å². The van der Waals surface area contributed by atoms with Crippen LogP contribution in [0, 0.1) is 17.9 Å². The third-order valence-electron chi connectivity index (χ3n) is 9.72. The highest BCUT2D eigenvalue weighted by atomic mass is 15.2. The molecule has 0 aliphatic carbocycles. The Kier molecular flexibility index (Phi) is 4.59. The van der Waals surface area contributed by atoms with E-state index in [-0.39, 0.29) is 5.70 Å². The van der Waals surface area contributed by atoms with E-state index < -0.39 is 0 Å².